The summed E-state index contributed by atoms with van der Waals surface area (Å²) in [7, 11) is 0. The lowest BCUT2D eigenvalue weighted by atomic mass is 9.85. The first-order valence-electron chi connectivity index (χ1n) is 6.94. The average Bonchev–Trinajstić information content (AvgIpc) is 3.06. The molecule has 100 valence electrons. The molecule has 0 radical (unpaired) electrons. The highest BCUT2D eigenvalue weighted by Gasteiger charge is 2.50. The van der Waals surface area contributed by atoms with Gasteiger partial charge in [0.1, 0.15) is 5.52 Å². The van der Waals surface area contributed by atoms with Gasteiger partial charge in [-0.2, -0.15) is 5.10 Å². The Morgan fingerprint density at radius 2 is 2.21 bits per heavy atom. The molecule has 5 heteroatoms. The van der Waals surface area contributed by atoms with Gasteiger partial charge in [0.2, 0.25) is 0 Å². The number of fused-ring (bicyclic) bond motifs is 2. The van der Waals surface area contributed by atoms with E-state index in [1.54, 1.807) is 0 Å². The van der Waals surface area contributed by atoms with Crippen molar-refractivity contribution >= 4 is 11.3 Å². The Hall–Kier alpha value is -1.62. The maximum absolute atomic E-state index is 4.63. The van der Waals surface area contributed by atoms with Crippen LogP contribution >= 0.6 is 0 Å². The number of nitrogens with zero attached hydrogens (tertiary/aromatic N) is 4. The summed E-state index contributed by atoms with van der Waals surface area (Å²) in [6.45, 7) is 8.02. The Balaban J connectivity index is 1.82. The molecule has 2 saturated heterocycles. The molecule has 1 N–H and O–H groups in total. The Bertz CT molecular complexity index is 617. The number of rotatable bonds is 1. The normalized spacial score (nSPS) is 29.1. The van der Waals surface area contributed by atoms with Crippen LogP contribution in [0.2, 0.25) is 0 Å². The fraction of sp³-hybridized carbons (Fsp3) is 0.571. The second-order valence-electron chi connectivity index (χ2n) is 6.20. The second kappa shape index (κ2) is 3.70. The predicted octanol–water partition coefficient (Wildman–Crippen LogP) is 1.16. The molecule has 0 aliphatic carbocycles. The molecule has 19 heavy (non-hydrogen) atoms. The quantitative estimate of drug-likeness (QED) is 0.833. The van der Waals surface area contributed by atoms with E-state index in [1.165, 1.54) is 0 Å². The maximum Gasteiger partial charge on any atom is 0.155 e. The van der Waals surface area contributed by atoms with E-state index in [9.17, 15) is 0 Å². The van der Waals surface area contributed by atoms with Crippen molar-refractivity contribution in [2.75, 3.05) is 24.5 Å². The lowest BCUT2D eigenvalue weighted by molar-refractivity contribution is 0.356. The van der Waals surface area contributed by atoms with E-state index < -0.39 is 0 Å². The van der Waals surface area contributed by atoms with E-state index in [-0.39, 0.29) is 5.54 Å². The summed E-state index contributed by atoms with van der Waals surface area (Å²) in [6.07, 6.45) is 5.59. The molecule has 2 aromatic heterocycles. The van der Waals surface area contributed by atoms with Crippen LogP contribution < -0.4 is 10.2 Å². The van der Waals surface area contributed by atoms with Gasteiger partial charge in [-0.1, -0.05) is 0 Å². The van der Waals surface area contributed by atoms with Gasteiger partial charge in [0, 0.05) is 37.6 Å². The van der Waals surface area contributed by atoms with Crippen LogP contribution in [-0.2, 0) is 0 Å². The van der Waals surface area contributed by atoms with Crippen LogP contribution in [0.5, 0.6) is 0 Å². The van der Waals surface area contributed by atoms with Crippen LogP contribution in [0.1, 0.15) is 13.8 Å². The summed E-state index contributed by atoms with van der Waals surface area (Å²) >= 11 is 0. The van der Waals surface area contributed by atoms with Gasteiger partial charge in [-0.05, 0) is 31.7 Å². The fourth-order valence-electron chi connectivity index (χ4n) is 3.83. The topological polar surface area (TPSA) is 45.5 Å². The first-order valence-corrected chi connectivity index (χ1v) is 6.94. The van der Waals surface area contributed by atoms with Gasteiger partial charge in [-0.3, -0.25) is 0 Å². The van der Waals surface area contributed by atoms with E-state index in [0.717, 1.165) is 36.9 Å². The molecule has 4 rings (SSSR count). The Kier molecular flexibility index (Phi) is 2.18. The summed E-state index contributed by atoms with van der Waals surface area (Å²) in [5, 5.41) is 7.83. The number of aromatic nitrogens is 3. The van der Waals surface area contributed by atoms with Crippen molar-refractivity contribution in [3.05, 3.63) is 24.7 Å². The second-order valence-corrected chi connectivity index (χ2v) is 6.20. The van der Waals surface area contributed by atoms with Gasteiger partial charge < -0.3 is 10.2 Å². The van der Waals surface area contributed by atoms with Crippen molar-refractivity contribution in [1.29, 1.82) is 0 Å². The highest BCUT2D eigenvalue weighted by atomic mass is 15.3. The standard InChI is InChI=1S/C14H19N5/c1-14(2)11-8-15-7-10(11)9-18(14)13-12-3-4-17-19(12)6-5-16-13/h3-6,10-11,15H,7-9H2,1-2H3. The molecule has 2 atom stereocenters. The Labute approximate surface area is 112 Å². The van der Waals surface area contributed by atoms with Crippen LogP contribution in [0.4, 0.5) is 5.82 Å². The summed E-state index contributed by atoms with van der Waals surface area (Å²) in [5.41, 5.74) is 1.25. The van der Waals surface area contributed by atoms with Crippen molar-refractivity contribution in [1.82, 2.24) is 19.9 Å². The monoisotopic (exact) mass is 257 g/mol. The van der Waals surface area contributed by atoms with E-state index in [4.69, 9.17) is 0 Å². The minimum atomic E-state index is 0.146. The minimum absolute atomic E-state index is 0.146. The largest absolute Gasteiger partial charge is 0.349 e. The summed E-state index contributed by atoms with van der Waals surface area (Å²) in [5.74, 6) is 2.51. The molecule has 2 fully saturated rings. The SMILES string of the molecule is CC1(C)C2CNCC2CN1c1nccn2nccc12. The molecule has 2 aliphatic rings. The number of hydrogen-bond donors (Lipinski definition) is 1. The first kappa shape index (κ1) is 11.2. The van der Waals surface area contributed by atoms with E-state index >= 15 is 0 Å². The zero-order chi connectivity index (χ0) is 13.0. The van der Waals surface area contributed by atoms with Crippen LogP contribution in [0.15, 0.2) is 24.7 Å². The van der Waals surface area contributed by atoms with Crippen molar-refractivity contribution in [2.24, 2.45) is 11.8 Å². The molecule has 5 nitrogen and oxygen atoms in total. The fourth-order valence-corrected chi connectivity index (χ4v) is 3.83. The zero-order valence-corrected chi connectivity index (χ0v) is 11.4. The highest BCUT2D eigenvalue weighted by molar-refractivity contribution is 5.69. The van der Waals surface area contributed by atoms with E-state index in [1.807, 2.05) is 29.2 Å². The molecule has 0 bridgehead atoms. The third kappa shape index (κ3) is 1.45. The molecule has 4 heterocycles. The number of nitrogens with one attached hydrogen (secondary N) is 1. The summed E-state index contributed by atoms with van der Waals surface area (Å²) < 4.78 is 1.91. The first-order chi connectivity index (χ1) is 9.18. The summed E-state index contributed by atoms with van der Waals surface area (Å²) in [4.78, 5) is 7.10. The third-order valence-electron chi connectivity index (χ3n) is 4.92. The highest BCUT2D eigenvalue weighted by Crippen LogP contribution is 2.43. The molecular weight excluding hydrogens is 238 g/mol. The van der Waals surface area contributed by atoms with E-state index in [0.29, 0.717) is 5.92 Å². The molecular formula is C14H19N5. The number of anilines is 1. The molecule has 0 saturated carbocycles. The maximum atomic E-state index is 4.63. The smallest absolute Gasteiger partial charge is 0.155 e. The predicted molar refractivity (Wildman–Crippen MR) is 74.3 cm³/mol. The lowest BCUT2D eigenvalue weighted by Gasteiger charge is -2.36. The average molecular weight is 257 g/mol. The molecule has 0 spiro atoms. The van der Waals surface area contributed by atoms with Crippen molar-refractivity contribution < 1.29 is 0 Å². The van der Waals surface area contributed by atoms with Crippen LogP contribution in [0, 0.1) is 11.8 Å². The van der Waals surface area contributed by atoms with Gasteiger partial charge in [0.05, 0.1) is 6.20 Å². The van der Waals surface area contributed by atoms with Crippen molar-refractivity contribution in [3.8, 4) is 0 Å². The van der Waals surface area contributed by atoms with Gasteiger partial charge in [-0.15, -0.1) is 0 Å². The number of hydrogen-bond acceptors (Lipinski definition) is 4. The molecule has 2 unspecified atom stereocenters. The minimum Gasteiger partial charge on any atom is -0.349 e. The van der Waals surface area contributed by atoms with Gasteiger partial charge in [-0.25, -0.2) is 9.50 Å². The van der Waals surface area contributed by atoms with Gasteiger partial charge in [0.25, 0.3) is 0 Å². The Morgan fingerprint density at radius 1 is 1.32 bits per heavy atom. The molecule has 2 aliphatic heterocycles. The zero-order valence-electron chi connectivity index (χ0n) is 11.4. The van der Waals surface area contributed by atoms with E-state index in [2.05, 4.69) is 34.1 Å². The summed E-state index contributed by atoms with van der Waals surface area (Å²) in [6, 6.07) is 2.05. The molecule has 0 aromatic carbocycles. The van der Waals surface area contributed by atoms with Crippen LogP contribution in [0.3, 0.4) is 0 Å². The van der Waals surface area contributed by atoms with Gasteiger partial charge >= 0.3 is 0 Å². The third-order valence-corrected chi connectivity index (χ3v) is 4.92. The van der Waals surface area contributed by atoms with Crippen molar-refractivity contribution in [3.63, 3.8) is 0 Å². The molecule has 0 amide bonds. The lowest BCUT2D eigenvalue weighted by Crippen LogP contribution is -2.45. The molecule has 2 aromatic rings. The van der Waals surface area contributed by atoms with Crippen LogP contribution in [-0.4, -0.2) is 39.8 Å². The van der Waals surface area contributed by atoms with Crippen molar-refractivity contribution in [2.45, 2.75) is 19.4 Å². The van der Waals surface area contributed by atoms with Gasteiger partial charge in [0.15, 0.2) is 5.82 Å². The van der Waals surface area contributed by atoms with Crippen LogP contribution in [0.25, 0.3) is 5.52 Å². The Morgan fingerprint density at radius 3 is 3.05 bits per heavy atom.